The lowest BCUT2D eigenvalue weighted by Crippen LogP contribution is -2.09. The van der Waals surface area contributed by atoms with Crippen molar-refractivity contribution in [2.45, 2.75) is 11.8 Å². The van der Waals surface area contributed by atoms with E-state index in [9.17, 15) is 8.42 Å². The smallest absolute Gasteiger partial charge is 0.297 e. The molecule has 0 amide bonds. The molecule has 0 atom stereocenters. The Morgan fingerprint density at radius 3 is 2.36 bits per heavy atom. The van der Waals surface area contributed by atoms with Gasteiger partial charge in [0.2, 0.25) is 0 Å². The lowest BCUT2D eigenvalue weighted by Gasteiger charge is -2.03. The highest BCUT2D eigenvalue weighted by Crippen LogP contribution is 2.12. The summed E-state index contributed by atoms with van der Waals surface area (Å²) in [7, 11) is -3.70. The van der Waals surface area contributed by atoms with Crippen LogP contribution in [0.2, 0.25) is 0 Å². The third-order valence-electron chi connectivity index (χ3n) is 1.64. The summed E-state index contributed by atoms with van der Waals surface area (Å²) in [4.78, 5) is 0.108. The van der Waals surface area contributed by atoms with Crippen molar-refractivity contribution < 1.29 is 17.7 Å². The number of benzene rings is 1. The normalized spacial score (nSPS) is 11.6. The van der Waals surface area contributed by atoms with Crippen molar-refractivity contribution >= 4 is 10.1 Å². The molecule has 5 heteroatoms. The fourth-order valence-electron chi connectivity index (χ4n) is 0.920. The molecule has 1 aromatic rings. The average molecular weight is 216 g/mol. The molecule has 0 saturated heterocycles. The van der Waals surface area contributed by atoms with Crippen LogP contribution in [0, 0.1) is 6.92 Å². The summed E-state index contributed by atoms with van der Waals surface area (Å²) < 4.78 is 27.3. The SMILES string of the molecule is Cc1ccc(S(=O)(=O)OCCO)cc1. The monoisotopic (exact) mass is 216 g/mol. The van der Waals surface area contributed by atoms with Crippen molar-refractivity contribution in [1.82, 2.24) is 0 Å². The number of hydrogen-bond donors (Lipinski definition) is 1. The molecule has 1 N–H and O–H groups in total. The molecular weight excluding hydrogens is 204 g/mol. The van der Waals surface area contributed by atoms with Crippen molar-refractivity contribution in [3.05, 3.63) is 29.8 Å². The van der Waals surface area contributed by atoms with E-state index in [4.69, 9.17) is 5.11 Å². The summed E-state index contributed by atoms with van der Waals surface area (Å²) in [5.41, 5.74) is 0.978. The number of aliphatic hydroxyl groups is 1. The van der Waals surface area contributed by atoms with Crippen LogP contribution >= 0.6 is 0 Å². The van der Waals surface area contributed by atoms with Gasteiger partial charge in [0, 0.05) is 0 Å². The van der Waals surface area contributed by atoms with E-state index in [0.717, 1.165) is 5.56 Å². The Labute approximate surface area is 83.3 Å². The van der Waals surface area contributed by atoms with E-state index in [1.54, 1.807) is 12.1 Å². The van der Waals surface area contributed by atoms with Crippen LogP contribution < -0.4 is 0 Å². The highest BCUT2D eigenvalue weighted by atomic mass is 32.2. The van der Waals surface area contributed by atoms with Crippen molar-refractivity contribution in [3.63, 3.8) is 0 Å². The van der Waals surface area contributed by atoms with Gasteiger partial charge >= 0.3 is 0 Å². The van der Waals surface area contributed by atoms with Gasteiger partial charge in [-0.1, -0.05) is 17.7 Å². The van der Waals surface area contributed by atoms with Crippen molar-refractivity contribution in [1.29, 1.82) is 0 Å². The molecule has 0 saturated carbocycles. The van der Waals surface area contributed by atoms with E-state index < -0.39 is 10.1 Å². The maximum absolute atomic E-state index is 11.4. The summed E-state index contributed by atoms with van der Waals surface area (Å²) in [6.07, 6.45) is 0. The lowest BCUT2D eigenvalue weighted by molar-refractivity contribution is 0.205. The molecule has 0 aliphatic carbocycles. The summed E-state index contributed by atoms with van der Waals surface area (Å²) >= 11 is 0. The molecule has 0 fully saturated rings. The van der Waals surface area contributed by atoms with Gasteiger partial charge in [-0.3, -0.25) is 4.18 Å². The van der Waals surface area contributed by atoms with Crippen LogP contribution in [0.5, 0.6) is 0 Å². The minimum absolute atomic E-state index is 0.108. The Hall–Kier alpha value is -0.910. The Morgan fingerprint density at radius 1 is 1.29 bits per heavy atom. The molecule has 0 spiro atoms. The van der Waals surface area contributed by atoms with Crippen LogP contribution in [0.3, 0.4) is 0 Å². The van der Waals surface area contributed by atoms with Crippen LogP contribution in [0.25, 0.3) is 0 Å². The van der Waals surface area contributed by atoms with E-state index >= 15 is 0 Å². The topological polar surface area (TPSA) is 63.6 Å². The predicted octanol–water partition coefficient (Wildman–Crippen LogP) is 0.693. The van der Waals surface area contributed by atoms with Gasteiger partial charge in [0.1, 0.15) is 0 Å². The fraction of sp³-hybridized carbons (Fsp3) is 0.333. The molecule has 0 unspecified atom stereocenters. The Kier molecular flexibility index (Phi) is 3.62. The minimum atomic E-state index is -3.70. The molecule has 0 aromatic heterocycles. The van der Waals surface area contributed by atoms with Gasteiger partial charge in [-0.2, -0.15) is 8.42 Å². The molecule has 0 heterocycles. The van der Waals surface area contributed by atoms with E-state index in [-0.39, 0.29) is 18.1 Å². The number of aliphatic hydroxyl groups excluding tert-OH is 1. The highest BCUT2D eigenvalue weighted by Gasteiger charge is 2.13. The van der Waals surface area contributed by atoms with Crippen LogP contribution in [0.15, 0.2) is 29.2 Å². The van der Waals surface area contributed by atoms with Gasteiger partial charge < -0.3 is 5.11 Å². The van der Waals surface area contributed by atoms with E-state index in [2.05, 4.69) is 4.18 Å². The Morgan fingerprint density at radius 2 is 1.86 bits per heavy atom. The zero-order chi connectivity index (χ0) is 10.6. The van der Waals surface area contributed by atoms with Crippen LogP contribution in [-0.2, 0) is 14.3 Å². The van der Waals surface area contributed by atoms with Crippen LogP contribution in [-0.4, -0.2) is 26.7 Å². The Balaban J connectivity index is 2.87. The molecule has 1 aromatic carbocycles. The lowest BCUT2D eigenvalue weighted by atomic mass is 10.2. The molecule has 4 nitrogen and oxygen atoms in total. The highest BCUT2D eigenvalue weighted by molar-refractivity contribution is 7.86. The summed E-state index contributed by atoms with van der Waals surface area (Å²) in [6.45, 7) is 1.34. The number of aryl methyl sites for hydroxylation is 1. The standard InChI is InChI=1S/C9H12O4S/c1-8-2-4-9(5-3-8)14(11,12)13-7-6-10/h2-5,10H,6-7H2,1H3. The van der Waals surface area contributed by atoms with E-state index in [1.165, 1.54) is 12.1 Å². The van der Waals surface area contributed by atoms with Crippen molar-refractivity contribution in [3.8, 4) is 0 Å². The molecule has 78 valence electrons. The maximum Gasteiger partial charge on any atom is 0.297 e. The van der Waals surface area contributed by atoms with Crippen molar-refractivity contribution in [2.75, 3.05) is 13.2 Å². The van der Waals surface area contributed by atoms with Gasteiger partial charge in [-0.15, -0.1) is 0 Å². The number of rotatable bonds is 4. The molecule has 0 aliphatic rings. The largest absolute Gasteiger partial charge is 0.394 e. The van der Waals surface area contributed by atoms with E-state index in [1.807, 2.05) is 6.92 Å². The third kappa shape index (κ3) is 2.80. The molecular formula is C9H12O4S. The van der Waals surface area contributed by atoms with E-state index in [0.29, 0.717) is 0 Å². The zero-order valence-corrected chi connectivity index (χ0v) is 8.62. The maximum atomic E-state index is 11.4. The molecule has 0 aliphatic heterocycles. The molecule has 1 rings (SSSR count). The molecule has 14 heavy (non-hydrogen) atoms. The molecule has 0 radical (unpaired) electrons. The second-order valence-electron chi connectivity index (χ2n) is 2.81. The van der Waals surface area contributed by atoms with Gasteiger partial charge in [0.15, 0.2) is 0 Å². The second kappa shape index (κ2) is 4.54. The first kappa shape index (κ1) is 11.2. The second-order valence-corrected chi connectivity index (χ2v) is 4.43. The summed E-state index contributed by atoms with van der Waals surface area (Å²) in [5.74, 6) is 0. The van der Waals surface area contributed by atoms with Gasteiger partial charge in [0.05, 0.1) is 18.1 Å². The van der Waals surface area contributed by atoms with Crippen LogP contribution in [0.1, 0.15) is 5.56 Å². The first-order valence-corrected chi connectivity index (χ1v) is 5.54. The average Bonchev–Trinajstić information content (AvgIpc) is 2.16. The predicted molar refractivity (Wildman–Crippen MR) is 51.4 cm³/mol. The quantitative estimate of drug-likeness (QED) is 0.752. The summed E-state index contributed by atoms with van der Waals surface area (Å²) in [5, 5.41) is 8.43. The van der Waals surface area contributed by atoms with Gasteiger partial charge in [-0.05, 0) is 19.1 Å². The Bertz CT molecular complexity index is 380. The van der Waals surface area contributed by atoms with Gasteiger partial charge in [0.25, 0.3) is 10.1 Å². The number of hydrogen-bond acceptors (Lipinski definition) is 4. The minimum Gasteiger partial charge on any atom is -0.394 e. The first-order valence-electron chi connectivity index (χ1n) is 4.13. The van der Waals surface area contributed by atoms with Crippen LogP contribution in [0.4, 0.5) is 0 Å². The van der Waals surface area contributed by atoms with Crippen molar-refractivity contribution in [2.24, 2.45) is 0 Å². The fourth-order valence-corrected chi connectivity index (χ4v) is 1.82. The molecule has 0 bridgehead atoms. The third-order valence-corrected chi connectivity index (χ3v) is 2.97. The zero-order valence-electron chi connectivity index (χ0n) is 7.80. The summed E-state index contributed by atoms with van der Waals surface area (Å²) in [6, 6.07) is 6.33. The van der Waals surface area contributed by atoms with Gasteiger partial charge in [-0.25, -0.2) is 0 Å². The first-order chi connectivity index (χ1) is 6.56.